The van der Waals surface area contributed by atoms with Crippen LogP contribution in [0.2, 0.25) is 0 Å². The second-order valence-corrected chi connectivity index (χ2v) is 8.32. The van der Waals surface area contributed by atoms with Gasteiger partial charge in [0, 0.05) is 0 Å². The lowest BCUT2D eigenvalue weighted by Gasteiger charge is -2.20. The van der Waals surface area contributed by atoms with Crippen molar-refractivity contribution >= 4 is 0 Å². The Kier molecular flexibility index (Phi) is 8.44. The third-order valence-electron chi connectivity index (χ3n) is 2.04. The minimum Gasteiger partial charge on any atom is -0.0628 e. The molecule has 0 amide bonds. The molecule has 16 heavy (non-hydrogen) atoms. The molecule has 0 aliphatic heterocycles. The monoisotopic (exact) mass is 228 g/mol. The largest absolute Gasteiger partial charge is 0.0628 e. The summed E-state index contributed by atoms with van der Waals surface area (Å²) in [7, 11) is 0. The summed E-state index contributed by atoms with van der Waals surface area (Å²) in [5.41, 5.74) is 1.04. The van der Waals surface area contributed by atoms with Gasteiger partial charge in [-0.05, 0) is 35.5 Å². The van der Waals surface area contributed by atoms with Crippen LogP contribution in [0.3, 0.4) is 0 Å². The first kappa shape index (κ1) is 18.4. The van der Waals surface area contributed by atoms with E-state index in [0.29, 0.717) is 10.8 Å². The fourth-order valence-corrected chi connectivity index (χ4v) is 2.45. The van der Waals surface area contributed by atoms with E-state index in [1.807, 2.05) is 0 Å². The molecule has 0 unspecified atom stereocenters. The van der Waals surface area contributed by atoms with Gasteiger partial charge in [0.15, 0.2) is 0 Å². The van der Waals surface area contributed by atoms with Crippen molar-refractivity contribution in [3.8, 4) is 0 Å². The van der Waals surface area contributed by atoms with Crippen LogP contribution in [-0.4, -0.2) is 0 Å². The Bertz CT molecular complexity index is 130. The van der Waals surface area contributed by atoms with Crippen LogP contribution >= 0.6 is 0 Å². The average molecular weight is 228 g/mol. The van der Waals surface area contributed by atoms with Crippen LogP contribution in [0.15, 0.2) is 0 Å². The molecule has 0 N–H and O–H groups in total. The molecule has 100 valence electrons. The predicted octanol–water partition coefficient (Wildman–Crippen LogP) is 6.16. The molecule has 0 aromatic carbocycles. The lowest BCUT2D eigenvalue weighted by atomic mass is 9.86. The fraction of sp³-hybridized carbons (Fsp3) is 1.00. The standard InChI is InChI=1S/2C8H18/c2*1-7(2)6-8(3,4)5/h2*7H,6H2,1-5H3. The topological polar surface area (TPSA) is 0 Å². The molecular formula is C16H36. The van der Waals surface area contributed by atoms with Crippen molar-refractivity contribution in [2.24, 2.45) is 22.7 Å². The highest BCUT2D eigenvalue weighted by Gasteiger charge is 2.11. The van der Waals surface area contributed by atoms with Gasteiger partial charge >= 0.3 is 0 Å². The Morgan fingerprint density at radius 3 is 0.750 bits per heavy atom. The molecule has 0 radical (unpaired) electrons. The Balaban J connectivity index is 0. The van der Waals surface area contributed by atoms with E-state index in [1.165, 1.54) is 12.8 Å². The maximum absolute atomic E-state index is 2.28. The van der Waals surface area contributed by atoms with Crippen molar-refractivity contribution in [2.75, 3.05) is 0 Å². The van der Waals surface area contributed by atoms with Gasteiger partial charge < -0.3 is 0 Å². The van der Waals surface area contributed by atoms with Crippen molar-refractivity contribution in [2.45, 2.75) is 82.1 Å². The average Bonchev–Trinajstić information content (AvgIpc) is 1.72. The van der Waals surface area contributed by atoms with Crippen LogP contribution in [-0.2, 0) is 0 Å². The minimum atomic E-state index is 0.522. The molecular weight excluding hydrogens is 192 g/mol. The first-order valence-electron chi connectivity index (χ1n) is 6.83. The first-order chi connectivity index (χ1) is 6.83. The van der Waals surface area contributed by atoms with E-state index in [0.717, 1.165) is 11.8 Å². The molecule has 0 aromatic rings. The van der Waals surface area contributed by atoms with Crippen LogP contribution < -0.4 is 0 Å². The molecule has 0 aliphatic carbocycles. The second-order valence-electron chi connectivity index (χ2n) is 8.32. The van der Waals surface area contributed by atoms with E-state index in [9.17, 15) is 0 Å². The van der Waals surface area contributed by atoms with E-state index >= 15 is 0 Å². The van der Waals surface area contributed by atoms with Crippen molar-refractivity contribution in [1.29, 1.82) is 0 Å². The van der Waals surface area contributed by atoms with E-state index in [2.05, 4.69) is 69.2 Å². The summed E-state index contributed by atoms with van der Waals surface area (Å²) in [5.74, 6) is 1.69. The van der Waals surface area contributed by atoms with Gasteiger partial charge in [0.05, 0.1) is 0 Å². The fourth-order valence-electron chi connectivity index (χ4n) is 2.45. The second kappa shape index (κ2) is 7.35. The Hall–Kier alpha value is 0. The molecule has 0 bridgehead atoms. The number of hydrogen-bond acceptors (Lipinski definition) is 0. The summed E-state index contributed by atoms with van der Waals surface area (Å²) in [6, 6.07) is 0. The smallest absolute Gasteiger partial charge is 0.0380 e. The molecule has 0 heterocycles. The quantitative estimate of drug-likeness (QED) is 0.531. The molecule has 0 fully saturated rings. The first-order valence-corrected chi connectivity index (χ1v) is 6.83. The zero-order valence-electron chi connectivity index (χ0n) is 13.6. The molecule has 0 rings (SSSR count). The van der Waals surface area contributed by atoms with Crippen molar-refractivity contribution in [3.05, 3.63) is 0 Å². The molecule has 0 saturated carbocycles. The maximum Gasteiger partial charge on any atom is -0.0380 e. The highest BCUT2D eigenvalue weighted by molar-refractivity contribution is 4.63. The van der Waals surface area contributed by atoms with Gasteiger partial charge in [-0.2, -0.15) is 0 Å². The van der Waals surface area contributed by atoms with Crippen LogP contribution in [0.4, 0.5) is 0 Å². The Morgan fingerprint density at radius 1 is 0.562 bits per heavy atom. The highest BCUT2D eigenvalue weighted by atomic mass is 14.2. The number of rotatable bonds is 2. The van der Waals surface area contributed by atoms with E-state index < -0.39 is 0 Å². The highest BCUT2D eigenvalue weighted by Crippen LogP contribution is 2.23. The van der Waals surface area contributed by atoms with Gasteiger partial charge in [-0.1, -0.05) is 69.2 Å². The molecule has 0 spiro atoms. The summed E-state index contributed by atoms with van der Waals surface area (Å²) in [4.78, 5) is 0. The van der Waals surface area contributed by atoms with Crippen LogP contribution in [0.5, 0.6) is 0 Å². The Morgan fingerprint density at radius 2 is 0.750 bits per heavy atom. The van der Waals surface area contributed by atoms with Crippen LogP contribution in [0, 0.1) is 22.7 Å². The molecule has 0 aliphatic rings. The van der Waals surface area contributed by atoms with Crippen LogP contribution in [0.1, 0.15) is 82.1 Å². The summed E-state index contributed by atoms with van der Waals surface area (Å²) in [6.07, 6.45) is 2.65. The molecule has 0 atom stereocenters. The van der Waals surface area contributed by atoms with E-state index in [1.54, 1.807) is 0 Å². The van der Waals surface area contributed by atoms with Crippen LogP contribution in [0.25, 0.3) is 0 Å². The predicted molar refractivity (Wildman–Crippen MR) is 77.8 cm³/mol. The Labute approximate surface area is 105 Å². The minimum absolute atomic E-state index is 0.522. The van der Waals surface area contributed by atoms with Crippen molar-refractivity contribution < 1.29 is 0 Å². The van der Waals surface area contributed by atoms with Crippen molar-refractivity contribution in [1.82, 2.24) is 0 Å². The van der Waals surface area contributed by atoms with Crippen molar-refractivity contribution in [3.63, 3.8) is 0 Å². The molecule has 0 aromatic heterocycles. The van der Waals surface area contributed by atoms with Gasteiger partial charge in [-0.25, -0.2) is 0 Å². The van der Waals surface area contributed by atoms with Gasteiger partial charge in [0.2, 0.25) is 0 Å². The zero-order chi connectivity index (χ0) is 13.6. The molecule has 0 nitrogen and oxygen atoms in total. The molecule has 0 saturated heterocycles. The van der Waals surface area contributed by atoms with Gasteiger partial charge in [0.25, 0.3) is 0 Å². The molecule has 0 heteroatoms. The third kappa shape index (κ3) is 23.7. The lowest BCUT2D eigenvalue weighted by molar-refractivity contribution is 0.320. The SMILES string of the molecule is CC(C)CC(C)(C)C.CC(C)CC(C)(C)C. The number of hydrogen-bond donors (Lipinski definition) is 0. The van der Waals surface area contributed by atoms with Gasteiger partial charge in [0.1, 0.15) is 0 Å². The maximum atomic E-state index is 2.28. The zero-order valence-corrected chi connectivity index (χ0v) is 13.6. The van der Waals surface area contributed by atoms with E-state index in [4.69, 9.17) is 0 Å². The normalized spacial score (nSPS) is 12.8. The summed E-state index contributed by atoms with van der Waals surface area (Å²) >= 11 is 0. The van der Waals surface area contributed by atoms with E-state index in [-0.39, 0.29) is 0 Å². The summed E-state index contributed by atoms with van der Waals surface area (Å²) < 4.78 is 0. The summed E-state index contributed by atoms with van der Waals surface area (Å²) in [5, 5.41) is 0. The van der Waals surface area contributed by atoms with Gasteiger partial charge in [-0.3, -0.25) is 0 Å². The third-order valence-corrected chi connectivity index (χ3v) is 2.04. The lowest BCUT2D eigenvalue weighted by Crippen LogP contribution is -2.08. The van der Waals surface area contributed by atoms with Gasteiger partial charge in [-0.15, -0.1) is 0 Å². The summed E-state index contributed by atoms with van der Waals surface area (Å²) in [6.45, 7) is 22.8.